The van der Waals surface area contributed by atoms with Gasteiger partial charge in [0, 0.05) is 20.0 Å². The van der Waals surface area contributed by atoms with Crippen molar-refractivity contribution in [2.45, 2.75) is 38.7 Å². The molecule has 1 unspecified atom stereocenters. The molecule has 18 heavy (non-hydrogen) atoms. The smallest absolute Gasteiger partial charge is 0.171 e. The molecule has 2 rings (SSSR count). The van der Waals surface area contributed by atoms with E-state index in [0.29, 0.717) is 10.6 Å². The molecular formula is C13H20N2O2S. The van der Waals surface area contributed by atoms with Crippen molar-refractivity contribution >= 4 is 27.8 Å². The summed E-state index contributed by atoms with van der Waals surface area (Å²) in [5.41, 5.74) is 5.85. The summed E-state index contributed by atoms with van der Waals surface area (Å²) < 4.78 is 0. The fourth-order valence-electron chi connectivity index (χ4n) is 2.31. The molecule has 5 heteroatoms. The molecule has 0 bridgehead atoms. The van der Waals surface area contributed by atoms with Crippen molar-refractivity contribution in [2.24, 2.45) is 0 Å². The number of Topliss-reactive ketones (excluding diaryl/α,β-unsaturated/α-hetero) is 1. The highest BCUT2D eigenvalue weighted by molar-refractivity contribution is 7.18. The molecule has 0 radical (unpaired) electrons. The molecule has 3 N–H and O–H groups in total. The molecule has 1 atom stereocenters. The lowest BCUT2D eigenvalue weighted by Crippen LogP contribution is -2.27. The van der Waals surface area contributed by atoms with Gasteiger partial charge in [0.1, 0.15) is 0 Å². The molecule has 0 aromatic carbocycles. The van der Waals surface area contributed by atoms with Gasteiger partial charge in [-0.1, -0.05) is 0 Å². The first-order valence-electron chi connectivity index (χ1n) is 6.27. The molecule has 0 amide bonds. The van der Waals surface area contributed by atoms with E-state index >= 15 is 0 Å². The number of aliphatic hydroxyl groups is 1. The van der Waals surface area contributed by atoms with Crippen LogP contribution in [0.2, 0.25) is 0 Å². The maximum absolute atomic E-state index is 11.4. The lowest BCUT2D eigenvalue weighted by molar-refractivity contribution is 0.0481. The Labute approximate surface area is 111 Å². The number of ketones is 1. The number of hydrogen-bond acceptors (Lipinski definition) is 5. The highest BCUT2D eigenvalue weighted by atomic mass is 32.1. The van der Waals surface area contributed by atoms with Crippen LogP contribution in [-0.4, -0.2) is 29.6 Å². The molecule has 0 spiro atoms. The van der Waals surface area contributed by atoms with Crippen molar-refractivity contribution in [1.29, 1.82) is 0 Å². The van der Waals surface area contributed by atoms with Gasteiger partial charge in [0.25, 0.3) is 0 Å². The van der Waals surface area contributed by atoms with E-state index in [-0.39, 0.29) is 5.78 Å². The fraction of sp³-hybridized carbons (Fsp3) is 0.615. The van der Waals surface area contributed by atoms with E-state index in [4.69, 9.17) is 5.73 Å². The molecule has 1 aliphatic heterocycles. The van der Waals surface area contributed by atoms with Gasteiger partial charge < -0.3 is 15.7 Å². The van der Waals surface area contributed by atoms with Gasteiger partial charge in [0.15, 0.2) is 5.78 Å². The average Bonchev–Trinajstić information content (AvgIpc) is 2.55. The summed E-state index contributed by atoms with van der Waals surface area (Å²) in [5.74, 6) is 0.0190. The largest absolute Gasteiger partial charge is 0.397 e. The van der Waals surface area contributed by atoms with Crippen molar-refractivity contribution in [3.63, 3.8) is 0 Å². The monoisotopic (exact) mass is 268 g/mol. The van der Waals surface area contributed by atoms with E-state index < -0.39 is 5.60 Å². The SMILES string of the molecule is CC(=O)c1sc(N2CCCC(C)(O)CC2)cc1N. The van der Waals surface area contributed by atoms with Crippen LogP contribution >= 0.6 is 11.3 Å². The lowest BCUT2D eigenvalue weighted by atomic mass is 9.98. The third-order valence-electron chi connectivity index (χ3n) is 3.44. The number of nitrogen functional groups attached to an aromatic ring is 1. The minimum absolute atomic E-state index is 0.0190. The Balaban J connectivity index is 2.17. The summed E-state index contributed by atoms with van der Waals surface area (Å²) >= 11 is 1.45. The maximum Gasteiger partial charge on any atom is 0.171 e. The highest BCUT2D eigenvalue weighted by Gasteiger charge is 2.26. The van der Waals surface area contributed by atoms with Crippen LogP contribution in [-0.2, 0) is 0 Å². The van der Waals surface area contributed by atoms with Crippen LogP contribution in [0, 0.1) is 0 Å². The molecule has 0 saturated carbocycles. The summed E-state index contributed by atoms with van der Waals surface area (Å²) in [7, 11) is 0. The van der Waals surface area contributed by atoms with Gasteiger partial charge in [0.05, 0.1) is 21.2 Å². The minimum atomic E-state index is -0.568. The van der Waals surface area contributed by atoms with E-state index in [1.807, 2.05) is 13.0 Å². The van der Waals surface area contributed by atoms with Gasteiger partial charge in [0.2, 0.25) is 0 Å². The second-order valence-corrected chi connectivity index (χ2v) is 6.29. The molecule has 4 nitrogen and oxygen atoms in total. The minimum Gasteiger partial charge on any atom is -0.397 e. The van der Waals surface area contributed by atoms with Crippen molar-refractivity contribution < 1.29 is 9.90 Å². The predicted octanol–water partition coefficient (Wildman–Crippen LogP) is 2.27. The Kier molecular flexibility index (Phi) is 3.64. The zero-order chi connectivity index (χ0) is 13.3. The van der Waals surface area contributed by atoms with E-state index in [1.54, 1.807) is 6.92 Å². The van der Waals surface area contributed by atoms with E-state index in [1.165, 1.54) is 11.3 Å². The third-order valence-corrected chi connectivity index (χ3v) is 4.76. The third kappa shape index (κ3) is 2.84. The quantitative estimate of drug-likeness (QED) is 0.808. The first-order chi connectivity index (χ1) is 8.39. The van der Waals surface area contributed by atoms with Crippen LogP contribution in [0.3, 0.4) is 0 Å². The number of carbonyl (C=O) groups excluding carboxylic acids is 1. The zero-order valence-electron chi connectivity index (χ0n) is 10.9. The summed E-state index contributed by atoms with van der Waals surface area (Å²) in [4.78, 5) is 14.3. The van der Waals surface area contributed by atoms with Gasteiger partial charge >= 0.3 is 0 Å². The predicted molar refractivity (Wildman–Crippen MR) is 75.4 cm³/mol. The van der Waals surface area contributed by atoms with E-state index in [2.05, 4.69) is 4.90 Å². The van der Waals surface area contributed by atoms with E-state index in [9.17, 15) is 9.90 Å². The molecule has 1 aromatic rings. The normalized spacial score (nSPS) is 24.9. The number of nitrogens with two attached hydrogens (primary N) is 1. The Morgan fingerprint density at radius 1 is 1.50 bits per heavy atom. The van der Waals surface area contributed by atoms with Crippen LogP contribution in [0.5, 0.6) is 0 Å². The van der Waals surface area contributed by atoms with Crippen molar-refractivity contribution in [2.75, 3.05) is 23.7 Å². The number of carbonyl (C=O) groups is 1. The van der Waals surface area contributed by atoms with Gasteiger partial charge in [-0.15, -0.1) is 11.3 Å². The first-order valence-corrected chi connectivity index (χ1v) is 7.08. The first kappa shape index (κ1) is 13.4. The molecule has 1 saturated heterocycles. The maximum atomic E-state index is 11.4. The van der Waals surface area contributed by atoms with Crippen molar-refractivity contribution in [3.8, 4) is 0 Å². The lowest BCUT2D eigenvalue weighted by Gasteiger charge is -2.22. The highest BCUT2D eigenvalue weighted by Crippen LogP contribution is 2.34. The van der Waals surface area contributed by atoms with Gasteiger partial charge in [-0.25, -0.2) is 0 Å². The number of hydrogen-bond donors (Lipinski definition) is 2. The van der Waals surface area contributed by atoms with Gasteiger partial charge in [-0.2, -0.15) is 0 Å². The number of anilines is 2. The Bertz CT molecular complexity index is 454. The standard InChI is InChI=1S/C13H20N2O2S/c1-9(16)12-10(14)8-11(18-12)15-6-3-4-13(2,17)5-7-15/h8,17H,3-7,14H2,1-2H3. The summed E-state index contributed by atoms with van der Waals surface area (Å²) in [5, 5.41) is 11.1. The van der Waals surface area contributed by atoms with Crippen LogP contribution in [0.4, 0.5) is 10.7 Å². The van der Waals surface area contributed by atoms with Crippen LogP contribution in [0.1, 0.15) is 42.8 Å². The molecular weight excluding hydrogens is 248 g/mol. The molecule has 2 heterocycles. The Hall–Kier alpha value is -1.07. The average molecular weight is 268 g/mol. The second kappa shape index (κ2) is 4.90. The van der Waals surface area contributed by atoms with E-state index in [0.717, 1.165) is 37.4 Å². The number of thiophene rings is 1. The molecule has 1 aliphatic rings. The van der Waals surface area contributed by atoms with Gasteiger partial charge in [-0.3, -0.25) is 4.79 Å². The van der Waals surface area contributed by atoms with Crippen LogP contribution in [0.15, 0.2) is 6.07 Å². The Morgan fingerprint density at radius 2 is 2.22 bits per heavy atom. The molecule has 100 valence electrons. The summed E-state index contributed by atoms with van der Waals surface area (Å²) in [6, 6.07) is 1.88. The zero-order valence-corrected chi connectivity index (χ0v) is 11.7. The summed E-state index contributed by atoms with van der Waals surface area (Å²) in [6.45, 7) is 5.15. The van der Waals surface area contributed by atoms with Gasteiger partial charge in [-0.05, 0) is 32.3 Å². The summed E-state index contributed by atoms with van der Waals surface area (Å²) in [6.07, 6.45) is 2.53. The second-order valence-electron chi connectivity index (χ2n) is 5.26. The molecule has 1 fully saturated rings. The van der Waals surface area contributed by atoms with Crippen LogP contribution < -0.4 is 10.6 Å². The Morgan fingerprint density at radius 3 is 2.83 bits per heavy atom. The topological polar surface area (TPSA) is 66.6 Å². The van der Waals surface area contributed by atoms with Crippen LogP contribution in [0.25, 0.3) is 0 Å². The van der Waals surface area contributed by atoms with Crippen molar-refractivity contribution in [1.82, 2.24) is 0 Å². The number of rotatable bonds is 2. The molecule has 0 aliphatic carbocycles. The van der Waals surface area contributed by atoms with Crippen molar-refractivity contribution in [3.05, 3.63) is 10.9 Å². The number of nitrogens with zero attached hydrogens (tertiary/aromatic N) is 1. The fourth-order valence-corrected chi connectivity index (χ4v) is 3.33. The molecule has 1 aromatic heterocycles.